The van der Waals surface area contributed by atoms with Crippen molar-refractivity contribution >= 4 is 5.91 Å². The summed E-state index contributed by atoms with van der Waals surface area (Å²) in [4.78, 5) is 14.0. The Bertz CT molecular complexity index is 397. The highest BCUT2D eigenvalue weighted by atomic mass is 16.5. The first-order chi connectivity index (χ1) is 8.70. The van der Waals surface area contributed by atoms with Gasteiger partial charge in [0.15, 0.2) is 0 Å². The van der Waals surface area contributed by atoms with E-state index >= 15 is 0 Å². The maximum absolute atomic E-state index is 12.2. The normalized spacial score (nSPS) is 19.8. The molecule has 18 heavy (non-hydrogen) atoms. The molecule has 1 aromatic rings. The van der Waals surface area contributed by atoms with Gasteiger partial charge in [-0.05, 0) is 33.2 Å². The monoisotopic (exact) mass is 251 g/mol. The van der Waals surface area contributed by atoms with Crippen LogP contribution in [0, 0.1) is 6.92 Å². The zero-order chi connectivity index (χ0) is 13.0. The molecule has 1 aliphatic heterocycles. The molecule has 5 nitrogen and oxygen atoms in total. The molecule has 1 N–H and O–H groups in total. The molecule has 0 spiro atoms. The molecule has 1 aliphatic rings. The highest BCUT2D eigenvalue weighted by molar-refractivity contribution is 5.91. The first kappa shape index (κ1) is 13.1. The third-order valence-electron chi connectivity index (χ3n) is 3.36. The van der Waals surface area contributed by atoms with Gasteiger partial charge in [-0.25, -0.2) is 0 Å². The summed E-state index contributed by atoms with van der Waals surface area (Å²) in [6.07, 6.45) is 3.61. The van der Waals surface area contributed by atoms with Gasteiger partial charge in [0.2, 0.25) is 5.76 Å². The van der Waals surface area contributed by atoms with E-state index in [-0.39, 0.29) is 5.91 Å². The molecule has 0 radical (unpaired) electrons. The Balaban J connectivity index is 1.97. The maximum Gasteiger partial charge on any atom is 0.292 e. The Hall–Kier alpha value is -1.36. The highest BCUT2D eigenvalue weighted by Gasteiger charge is 2.22. The van der Waals surface area contributed by atoms with Crippen molar-refractivity contribution in [3.05, 3.63) is 17.5 Å². The predicted octanol–water partition coefficient (Wildman–Crippen LogP) is 1.59. The number of amides is 1. The number of aryl methyl sites for hydroxylation is 1. The molecule has 5 heteroatoms. The Morgan fingerprint density at radius 3 is 3.00 bits per heavy atom. The van der Waals surface area contributed by atoms with Gasteiger partial charge in [0.25, 0.3) is 5.91 Å². The molecule has 100 valence electrons. The number of carbonyl (C=O) groups is 1. The summed E-state index contributed by atoms with van der Waals surface area (Å²) in [5.74, 6) is 0.274. The largest absolute Gasteiger partial charge is 0.351 e. The molecule has 1 aromatic heterocycles. The van der Waals surface area contributed by atoms with Crippen LogP contribution in [0.25, 0.3) is 0 Å². The van der Waals surface area contributed by atoms with Crippen molar-refractivity contribution in [2.45, 2.75) is 39.2 Å². The Kier molecular flexibility index (Phi) is 4.36. The van der Waals surface area contributed by atoms with Crippen LogP contribution in [0.15, 0.2) is 10.6 Å². The fourth-order valence-corrected chi connectivity index (χ4v) is 2.32. The summed E-state index contributed by atoms with van der Waals surface area (Å²) in [7, 11) is 0. The lowest BCUT2D eigenvalue weighted by Crippen LogP contribution is -2.45. The number of likely N-dealkylation sites (N-methyl/N-ethyl adjacent to an activating group) is 1. The molecule has 0 aromatic carbocycles. The summed E-state index contributed by atoms with van der Waals surface area (Å²) in [6, 6.07) is 2.10. The van der Waals surface area contributed by atoms with Crippen molar-refractivity contribution in [1.29, 1.82) is 0 Å². The zero-order valence-corrected chi connectivity index (χ0v) is 11.1. The molecule has 0 saturated carbocycles. The number of hydrogen-bond acceptors (Lipinski definition) is 4. The average molecular weight is 251 g/mol. The van der Waals surface area contributed by atoms with Crippen molar-refractivity contribution in [2.75, 3.05) is 19.6 Å². The minimum atomic E-state index is -0.0644. The molecule has 1 unspecified atom stereocenters. The van der Waals surface area contributed by atoms with Gasteiger partial charge in [-0.1, -0.05) is 11.6 Å². The van der Waals surface area contributed by atoms with Crippen LogP contribution in [-0.2, 0) is 0 Å². The number of carbonyl (C=O) groups excluding carboxylic acids is 1. The number of aromatic nitrogens is 1. The van der Waals surface area contributed by atoms with Gasteiger partial charge in [0.05, 0.1) is 5.69 Å². The SMILES string of the molecule is CCN(CC1CCCCN1)C(=O)c1cc(C)no1. The van der Waals surface area contributed by atoms with E-state index in [4.69, 9.17) is 4.52 Å². The fraction of sp³-hybridized carbons (Fsp3) is 0.692. The summed E-state index contributed by atoms with van der Waals surface area (Å²) in [6.45, 7) is 6.30. The molecule has 1 amide bonds. The third kappa shape index (κ3) is 3.10. The van der Waals surface area contributed by atoms with E-state index in [0.29, 0.717) is 18.3 Å². The van der Waals surface area contributed by atoms with Crippen molar-refractivity contribution in [3.63, 3.8) is 0 Å². The molecule has 1 fully saturated rings. The average Bonchev–Trinajstić information content (AvgIpc) is 2.83. The van der Waals surface area contributed by atoms with Crippen LogP contribution in [-0.4, -0.2) is 41.6 Å². The van der Waals surface area contributed by atoms with Gasteiger partial charge in [0.1, 0.15) is 0 Å². The van der Waals surface area contributed by atoms with E-state index in [0.717, 1.165) is 25.2 Å². The summed E-state index contributed by atoms with van der Waals surface area (Å²) >= 11 is 0. The van der Waals surface area contributed by atoms with Crippen molar-refractivity contribution < 1.29 is 9.32 Å². The number of piperidine rings is 1. The molecular formula is C13H21N3O2. The van der Waals surface area contributed by atoms with E-state index in [9.17, 15) is 4.79 Å². The first-order valence-electron chi connectivity index (χ1n) is 6.66. The van der Waals surface area contributed by atoms with Gasteiger partial charge in [0, 0.05) is 25.2 Å². The second-order valence-electron chi connectivity index (χ2n) is 4.82. The number of nitrogens with one attached hydrogen (secondary N) is 1. The summed E-state index contributed by atoms with van der Waals surface area (Å²) in [5, 5.41) is 7.22. The smallest absolute Gasteiger partial charge is 0.292 e. The van der Waals surface area contributed by atoms with Gasteiger partial charge in [-0.3, -0.25) is 4.79 Å². The van der Waals surface area contributed by atoms with Gasteiger partial charge in [-0.2, -0.15) is 0 Å². The van der Waals surface area contributed by atoms with Crippen LogP contribution in [0.5, 0.6) is 0 Å². The first-order valence-corrected chi connectivity index (χ1v) is 6.66. The number of nitrogens with zero attached hydrogens (tertiary/aromatic N) is 2. The molecule has 0 bridgehead atoms. The number of hydrogen-bond donors (Lipinski definition) is 1. The van der Waals surface area contributed by atoms with Crippen molar-refractivity contribution in [1.82, 2.24) is 15.4 Å². The van der Waals surface area contributed by atoms with Crippen LogP contribution in [0.3, 0.4) is 0 Å². The number of rotatable bonds is 4. The molecule has 1 atom stereocenters. The van der Waals surface area contributed by atoms with Gasteiger partial charge in [-0.15, -0.1) is 0 Å². The maximum atomic E-state index is 12.2. The molecule has 0 aliphatic carbocycles. The van der Waals surface area contributed by atoms with Crippen LogP contribution in [0.4, 0.5) is 0 Å². The lowest BCUT2D eigenvalue weighted by Gasteiger charge is -2.29. The van der Waals surface area contributed by atoms with Crippen molar-refractivity contribution in [2.24, 2.45) is 0 Å². The second kappa shape index (κ2) is 6.00. The fourth-order valence-electron chi connectivity index (χ4n) is 2.32. The Morgan fingerprint density at radius 1 is 1.61 bits per heavy atom. The standard InChI is InChI=1S/C13H21N3O2/c1-3-16(9-11-6-4-5-7-14-11)13(17)12-8-10(2)15-18-12/h8,11,14H,3-7,9H2,1-2H3. The highest BCUT2D eigenvalue weighted by Crippen LogP contribution is 2.11. The van der Waals surface area contributed by atoms with Crippen LogP contribution in [0.1, 0.15) is 42.4 Å². The topological polar surface area (TPSA) is 58.4 Å². The molecule has 1 saturated heterocycles. The predicted molar refractivity (Wildman–Crippen MR) is 68.5 cm³/mol. The Labute approximate surface area is 108 Å². The lowest BCUT2D eigenvalue weighted by molar-refractivity contribution is 0.0699. The quantitative estimate of drug-likeness (QED) is 0.882. The van der Waals surface area contributed by atoms with E-state index in [1.165, 1.54) is 12.8 Å². The van der Waals surface area contributed by atoms with E-state index in [1.807, 2.05) is 18.7 Å². The molecule has 2 heterocycles. The van der Waals surface area contributed by atoms with Crippen molar-refractivity contribution in [3.8, 4) is 0 Å². The van der Waals surface area contributed by atoms with Gasteiger partial charge >= 0.3 is 0 Å². The molecular weight excluding hydrogens is 230 g/mol. The third-order valence-corrected chi connectivity index (χ3v) is 3.36. The second-order valence-corrected chi connectivity index (χ2v) is 4.82. The summed E-state index contributed by atoms with van der Waals surface area (Å²) < 4.78 is 5.04. The van der Waals surface area contributed by atoms with Gasteiger partial charge < -0.3 is 14.7 Å². The van der Waals surface area contributed by atoms with Crippen LogP contribution >= 0.6 is 0 Å². The lowest BCUT2D eigenvalue weighted by atomic mass is 10.0. The summed E-state index contributed by atoms with van der Waals surface area (Å²) in [5.41, 5.74) is 0.741. The minimum Gasteiger partial charge on any atom is -0.351 e. The van der Waals surface area contributed by atoms with Crippen LogP contribution < -0.4 is 5.32 Å². The zero-order valence-electron chi connectivity index (χ0n) is 11.1. The van der Waals surface area contributed by atoms with Crippen LogP contribution in [0.2, 0.25) is 0 Å². The van der Waals surface area contributed by atoms with E-state index in [1.54, 1.807) is 6.07 Å². The Morgan fingerprint density at radius 2 is 2.44 bits per heavy atom. The van der Waals surface area contributed by atoms with E-state index < -0.39 is 0 Å². The minimum absolute atomic E-state index is 0.0644. The van der Waals surface area contributed by atoms with E-state index in [2.05, 4.69) is 10.5 Å². The molecule has 2 rings (SSSR count).